The van der Waals surface area contributed by atoms with Crippen molar-refractivity contribution in [3.05, 3.63) is 16.3 Å². The number of anilines is 1. The Kier molecular flexibility index (Phi) is 3.65. The van der Waals surface area contributed by atoms with Crippen molar-refractivity contribution in [1.82, 2.24) is 14.9 Å². The van der Waals surface area contributed by atoms with Crippen LogP contribution in [0.3, 0.4) is 0 Å². The molecule has 0 saturated heterocycles. The number of rotatable bonds is 4. The van der Waals surface area contributed by atoms with E-state index >= 15 is 0 Å². The van der Waals surface area contributed by atoms with Crippen LogP contribution in [0, 0.1) is 19.8 Å². The first kappa shape index (κ1) is 13.8. The van der Waals surface area contributed by atoms with E-state index in [0.717, 1.165) is 35.0 Å². The molecule has 0 aliphatic heterocycles. The number of nitrogens with zero attached hydrogens (tertiary/aromatic N) is 3. The number of hydrogen-bond acceptors (Lipinski definition) is 5. The Morgan fingerprint density at radius 2 is 2.05 bits per heavy atom. The minimum atomic E-state index is 0.629. The molecule has 2 heterocycles. The van der Waals surface area contributed by atoms with Gasteiger partial charge in [-0.1, -0.05) is 6.42 Å². The van der Waals surface area contributed by atoms with Crippen molar-refractivity contribution < 1.29 is 0 Å². The molecule has 0 amide bonds. The molecule has 0 bridgehead atoms. The standard InChI is InChI=1S/C15H22N4S/c1-9-10(2)20-15-13(9)14(16)17-12(18-15)8-19(3)7-11-5-4-6-11/h11H,4-8H2,1-3H3,(H2,16,17,18). The van der Waals surface area contributed by atoms with Crippen LogP contribution in [0.15, 0.2) is 0 Å². The molecule has 0 unspecified atom stereocenters. The topological polar surface area (TPSA) is 55.0 Å². The maximum absolute atomic E-state index is 6.12. The maximum Gasteiger partial charge on any atom is 0.146 e. The largest absolute Gasteiger partial charge is 0.383 e. The Hall–Kier alpha value is -1.20. The first-order chi connectivity index (χ1) is 9.54. The van der Waals surface area contributed by atoms with Crippen molar-refractivity contribution in [2.45, 2.75) is 39.7 Å². The molecule has 1 aliphatic carbocycles. The van der Waals surface area contributed by atoms with Gasteiger partial charge in [-0.05, 0) is 45.2 Å². The number of thiophene rings is 1. The first-order valence-corrected chi connectivity index (χ1v) is 8.07. The summed E-state index contributed by atoms with van der Waals surface area (Å²) >= 11 is 1.71. The average Bonchev–Trinajstić information content (AvgIpc) is 2.60. The summed E-state index contributed by atoms with van der Waals surface area (Å²) in [6.45, 7) is 6.14. The van der Waals surface area contributed by atoms with E-state index in [1.54, 1.807) is 11.3 Å². The molecule has 0 spiro atoms. The van der Waals surface area contributed by atoms with E-state index in [-0.39, 0.29) is 0 Å². The molecule has 3 rings (SSSR count). The summed E-state index contributed by atoms with van der Waals surface area (Å²) in [6.07, 6.45) is 4.13. The van der Waals surface area contributed by atoms with Crippen LogP contribution in [0.25, 0.3) is 10.2 Å². The van der Waals surface area contributed by atoms with E-state index in [1.165, 1.54) is 29.7 Å². The highest BCUT2D eigenvalue weighted by atomic mass is 32.1. The molecule has 108 valence electrons. The Balaban J connectivity index is 1.81. The molecule has 2 N–H and O–H groups in total. The lowest BCUT2D eigenvalue weighted by molar-refractivity contribution is 0.197. The lowest BCUT2D eigenvalue weighted by atomic mass is 9.85. The van der Waals surface area contributed by atoms with Gasteiger partial charge in [-0.25, -0.2) is 9.97 Å². The Morgan fingerprint density at radius 3 is 2.70 bits per heavy atom. The van der Waals surface area contributed by atoms with Crippen LogP contribution >= 0.6 is 11.3 Å². The van der Waals surface area contributed by atoms with Crippen LogP contribution in [-0.2, 0) is 6.54 Å². The molecule has 1 saturated carbocycles. The van der Waals surface area contributed by atoms with Crippen molar-refractivity contribution in [3.8, 4) is 0 Å². The van der Waals surface area contributed by atoms with E-state index in [9.17, 15) is 0 Å². The maximum atomic E-state index is 6.12. The van der Waals surface area contributed by atoms with Crippen molar-refractivity contribution in [1.29, 1.82) is 0 Å². The second-order valence-electron chi connectivity index (χ2n) is 5.98. The zero-order chi connectivity index (χ0) is 14.3. The third kappa shape index (κ3) is 2.52. The van der Waals surface area contributed by atoms with Crippen LogP contribution in [0.1, 0.15) is 35.5 Å². The van der Waals surface area contributed by atoms with E-state index in [0.29, 0.717) is 5.82 Å². The summed E-state index contributed by atoms with van der Waals surface area (Å²) in [4.78, 5) is 13.8. The zero-order valence-electron chi connectivity index (χ0n) is 12.4. The zero-order valence-corrected chi connectivity index (χ0v) is 13.3. The lowest BCUT2D eigenvalue weighted by Crippen LogP contribution is -2.29. The summed E-state index contributed by atoms with van der Waals surface area (Å²) in [7, 11) is 2.15. The number of fused-ring (bicyclic) bond motifs is 1. The summed E-state index contributed by atoms with van der Waals surface area (Å²) in [5.74, 6) is 2.34. The third-order valence-electron chi connectivity index (χ3n) is 4.31. The molecule has 0 atom stereocenters. The van der Waals surface area contributed by atoms with Gasteiger partial charge in [0.2, 0.25) is 0 Å². The van der Waals surface area contributed by atoms with Crippen molar-refractivity contribution in [2.24, 2.45) is 5.92 Å². The quantitative estimate of drug-likeness (QED) is 0.940. The van der Waals surface area contributed by atoms with Gasteiger partial charge in [0.15, 0.2) is 0 Å². The first-order valence-electron chi connectivity index (χ1n) is 7.25. The van der Waals surface area contributed by atoms with E-state index in [1.807, 2.05) is 0 Å². The molecule has 20 heavy (non-hydrogen) atoms. The number of aromatic nitrogens is 2. The fourth-order valence-electron chi connectivity index (χ4n) is 2.82. The SMILES string of the molecule is Cc1sc2nc(CN(C)CC3CCC3)nc(N)c2c1C. The van der Waals surface area contributed by atoms with Crippen LogP contribution in [0.4, 0.5) is 5.82 Å². The van der Waals surface area contributed by atoms with Crippen LogP contribution in [0.2, 0.25) is 0 Å². The summed E-state index contributed by atoms with van der Waals surface area (Å²) in [5.41, 5.74) is 7.34. The van der Waals surface area contributed by atoms with E-state index in [2.05, 4.69) is 30.8 Å². The number of nitrogens with two attached hydrogens (primary N) is 1. The molecule has 1 fully saturated rings. The van der Waals surface area contributed by atoms with Gasteiger partial charge in [0.1, 0.15) is 16.5 Å². The summed E-state index contributed by atoms with van der Waals surface area (Å²) in [5, 5.41) is 1.04. The van der Waals surface area contributed by atoms with Gasteiger partial charge in [0.25, 0.3) is 0 Å². The summed E-state index contributed by atoms with van der Waals surface area (Å²) < 4.78 is 0. The molecule has 2 aromatic heterocycles. The fourth-order valence-corrected chi connectivity index (χ4v) is 3.88. The second kappa shape index (κ2) is 5.30. The van der Waals surface area contributed by atoms with Crippen molar-refractivity contribution in [2.75, 3.05) is 19.3 Å². The molecular weight excluding hydrogens is 268 g/mol. The second-order valence-corrected chi connectivity index (χ2v) is 7.19. The van der Waals surface area contributed by atoms with Crippen molar-refractivity contribution in [3.63, 3.8) is 0 Å². The normalized spacial score (nSPS) is 16.0. The number of aryl methyl sites for hydroxylation is 2. The van der Waals surface area contributed by atoms with Gasteiger partial charge in [-0.15, -0.1) is 11.3 Å². The molecule has 2 aromatic rings. The average molecular weight is 290 g/mol. The van der Waals surface area contributed by atoms with Crippen molar-refractivity contribution >= 4 is 27.4 Å². The fraction of sp³-hybridized carbons (Fsp3) is 0.600. The van der Waals surface area contributed by atoms with E-state index < -0.39 is 0 Å². The monoisotopic (exact) mass is 290 g/mol. The number of nitrogen functional groups attached to an aromatic ring is 1. The minimum Gasteiger partial charge on any atom is -0.383 e. The molecule has 5 heteroatoms. The predicted octanol–water partition coefficient (Wildman–Crippen LogP) is 3.12. The highest BCUT2D eigenvalue weighted by molar-refractivity contribution is 7.18. The molecule has 1 aliphatic rings. The predicted molar refractivity (Wildman–Crippen MR) is 85.0 cm³/mol. The molecular formula is C15H22N4S. The minimum absolute atomic E-state index is 0.629. The Labute approximate surface area is 124 Å². The summed E-state index contributed by atoms with van der Waals surface area (Å²) in [6, 6.07) is 0. The highest BCUT2D eigenvalue weighted by Crippen LogP contribution is 2.32. The van der Waals surface area contributed by atoms with Gasteiger partial charge in [0.05, 0.1) is 11.9 Å². The van der Waals surface area contributed by atoms with Gasteiger partial charge in [-0.2, -0.15) is 0 Å². The number of hydrogen-bond donors (Lipinski definition) is 1. The molecule has 0 radical (unpaired) electrons. The molecule has 0 aromatic carbocycles. The van der Waals surface area contributed by atoms with Gasteiger partial charge in [0, 0.05) is 11.4 Å². The van der Waals surface area contributed by atoms with Crippen LogP contribution in [-0.4, -0.2) is 28.5 Å². The van der Waals surface area contributed by atoms with Crippen LogP contribution in [0.5, 0.6) is 0 Å². The van der Waals surface area contributed by atoms with Crippen LogP contribution < -0.4 is 5.73 Å². The molecule has 4 nitrogen and oxygen atoms in total. The smallest absolute Gasteiger partial charge is 0.146 e. The lowest BCUT2D eigenvalue weighted by Gasteiger charge is -2.29. The van der Waals surface area contributed by atoms with E-state index in [4.69, 9.17) is 10.7 Å². The third-order valence-corrected chi connectivity index (χ3v) is 5.41. The highest BCUT2D eigenvalue weighted by Gasteiger charge is 2.20. The van der Waals surface area contributed by atoms with Gasteiger partial charge in [-0.3, -0.25) is 4.90 Å². The van der Waals surface area contributed by atoms with Gasteiger partial charge >= 0.3 is 0 Å². The Bertz CT molecular complexity index is 630. The Morgan fingerprint density at radius 1 is 1.30 bits per heavy atom. The van der Waals surface area contributed by atoms with Gasteiger partial charge < -0.3 is 5.73 Å².